The fourth-order valence-electron chi connectivity index (χ4n) is 3.50. The first kappa shape index (κ1) is 31.7. The summed E-state index contributed by atoms with van der Waals surface area (Å²) in [4.78, 5) is 0. The molecule has 2 atom stereocenters. The van der Waals surface area contributed by atoms with E-state index in [1.807, 2.05) is 0 Å². The van der Waals surface area contributed by atoms with Gasteiger partial charge >= 0.3 is 51.4 Å². The zero-order valence-electron chi connectivity index (χ0n) is 19.0. The van der Waals surface area contributed by atoms with Crippen LogP contribution in [0.1, 0.15) is 129 Å². The standard InChI is InChI=1S/C22H46O4S.K/c1-3-4-5-6-7-8-9-10-11-12-13-14-15-19-22(23)20-17-16-18-21(2)27(24,25)26;/h21-23H,3-20H2,1-2H3,(H,24,25,26);/q;+1/p-1. The molecule has 0 aromatic rings. The summed E-state index contributed by atoms with van der Waals surface area (Å²) in [7, 11) is -4.15. The van der Waals surface area contributed by atoms with E-state index in [1.54, 1.807) is 0 Å². The maximum atomic E-state index is 10.8. The van der Waals surface area contributed by atoms with Gasteiger partial charge in [-0.05, 0) is 26.2 Å². The molecule has 0 aliphatic rings. The fraction of sp³-hybridized carbons (Fsp3) is 1.00. The normalized spacial score (nSPS) is 13.9. The molecule has 0 aromatic carbocycles. The van der Waals surface area contributed by atoms with Gasteiger partial charge in [0.1, 0.15) is 0 Å². The summed E-state index contributed by atoms with van der Waals surface area (Å²) in [6, 6.07) is 0. The van der Waals surface area contributed by atoms with Crippen LogP contribution < -0.4 is 51.4 Å². The predicted molar refractivity (Wildman–Crippen MR) is 114 cm³/mol. The molecule has 0 saturated heterocycles. The molecule has 0 bridgehead atoms. The van der Waals surface area contributed by atoms with Gasteiger partial charge in [-0.2, -0.15) is 0 Å². The molecule has 6 heteroatoms. The minimum absolute atomic E-state index is 0. The van der Waals surface area contributed by atoms with Crippen molar-refractivity contribution in [2.24, 2.45) is 0 Å². The van der Waals surface area contributed by atoms with Crippen LogP contribution in [-0.4, -0.2) is 29.4 Å². The average Bonchev–Trinajstić information content (AvgIpc) is 2.61. The molecule has 2 unspecified atom stereocenters. The van der Waals surface area contributed by atoms with Crippen molar-refractivity contribution in [2.75, 3.05) is 0 Å². The molecule has 164 valence electrons. The Morgan fingerprint density at radius 2 is 1.00 bits per heavy atom. The van der Waals surface area contributed by atoms with Gasteiger partial charge < -0.3 is 9.66 Å². The Morgan fingerprint density at radius 3 is 1.39 bits per heavy atom. The van der Waals surface area contributed by atoms with Crippen LogP contribution in [-0.2, 0) is 10.1 Å². The number of hydrogen-bond acceptors (Lipinski definition) is 4. The van der Waals surface area contributed by atoms with Crippen LogP contribution in [0.3, 0.4) is 0 Å². The molecule has 0 fully saturated rings. The molecule has 0 rings (SSSR count). The topological polar surface area (TPSA) is 77.4 Å². The summed E-state index contributed by atoms with van der Waals surface area (Å²) < 4.78 is 32.4. The molecule has 1 N–H and O–H groups in total. The third kappa shape index (κ3) is 22.2. The van der Waals surface area contributed by atoms with E-state index in [0.717, 1.165) is 19.3 Å². The molecule has 0 heterocycles. The average molecular weight is 445 g/mol. The van der Waals surface area contributed by atoms with Gasteiger partial charge in [0.05, 0.1) is 16.2 Å². The van der Waals surface area contributed by atoms with E-state index in [0.29, 0.717) is 19.3 Å². The minimum atomic E-state index is -4.15. The van der Waals surface area contributed by atoms with Gasteiger partial charge in [0, 0.05) is 5.25 Å². The van der Waals surface area contributed by atoms with Crippen LogP contribution in [0.2, 0.25) is 0 Å². The number of rotatable bonds is 20. The molecular weight excluding hydrogens is 399 g/mol. The Kier molecular flexibility index (Phi) is 24.6. The van der Waals surface area contributed by atoms with Crippen LogP contribution in [0.5, 0.6) is 0 Å². The van der Waals surface area contributed by atoms with Crippen molar-refractivity contribution >= 4 is 10.1 Å². The second-order valence-electron chi connectivity index (χ2n) is 8.27. The van der Waals surface area contributed by atoms with E-state index in [-0.39, 0.29) is 57.5 Å². The first-order chi connectivity index (χ1) is 12.9. The Bertz CT molecular complexity index is 415. The summed E-state index contributed by atoms with van der Waals surface area (Å²) in [5, 5.41) is 9.16. The second kappa shape index (κ2) is 21.7. The second-order valence-corrected chi connectivity index (χ2v) is 10.1. The monoisotopic (exact) mass is 444 g/mol. The molecule has 0 spiro atoms. The summed E-state index contributed by atoms with van der Waals surface area (Å²) in [6.45, 7) is 3.72. The molecule has 0 aromatic heterocycles. The smallest absolute Gasteiger partial charge is 0.748 e. The summed E-state index contributed by atoms with van der Waals surface area (Å²) in [5.41, 5.74) is 0. The van der Waals surface area contributed by atoms with Gasteiger partial charge in [0.15, 0.2) is 0 Å². The van der Waals surface area contributed by atoms with Gasteiger partial charge in [-0.15, -0.1) is 0 Å². The van der Waals surface area contributed by atoms with Gasteiger partial charge in [0.2, 0.25) is 0 Å². The molecule has 0 aliphatic heterocycles. The third-order valence-electron chi connectivity index (χ3n) is 5.53. The first-order valence-electron chi connectivity index (χ1n) is 11.5. The number of aliphatic hydroxyl groups excluding tert-OH is 1. The largest absolute Gasteiger partial charge is 1.00 e. The SMILES string of the molecule is CCCCCCCCCCCCCCCC(O)CCCCC(C)S(=O)(=O)[O-].[K+]. The van der Waals surface area contributed by atoms with E-state index in [1.165, 1.54) is 84.0 Å². The van der Waals surface area contributed by atoms with Crippen LogP contribution in [0.25, 0.3) is 0 Å². The van der Waals surface area contributed by atoms with Crippen molar-refractivity contribution in [2.45, 2.75) is 141 Å². The van der Waals surface area contributed by atoms with Gasteiger partial charge in [-0.25, -0.2) is 8.42 Å². The molecule has 0 radical (unpaired) electrons. The van der Waals surface area contributed by atoms with Crippen LogP contribution in [0.15, 0.2) is 0 Å². The van der Waals surface area contributed by atoms with E-state index in [9.17, 15) is 18.1 Å². The Balaban J connectivity index is 0. The van der Waals surface area contributed by atoms with E-state index in [4.69, 9.17) is 0 Å². The Hall–Kier alpha value is 1.51. The summed E-state index contributed by atoms with van der Waals surface area (Å²) in [6.07, 6.45) is 20.4. The first-order valence-corrected chi connectivity index (χ1v) is 13.0. The van der Waals surface area contributed by atoms with Crippen molar-refractivity contribution in [3.63, 3.8) is 0 Å². The molecule has 0 saturated carbocycles. The third-order valence-corrected chi connectivity index (χ3v) is 6.75. The van der Waals surface area contributed by atoms with Gasteiger partial charge in [-0.1, -0.05) is 103 Å². The number of unbranched alkanes of at least 4 members (excludes halogenated alkanes) is 13. The van der Waals surface area contributed by atoms with E-state index in [2.05, 4.69) is 6.92 Å². The van der Waals surface area contributed by atoms with E-state index < -0.39 is 15.4 Å². The Labute approximate surface area is 218 Å². The van der Waals surface area contributed by atoms with Crippen LogP contribution >= 0.6 is 0 Å². The van der Waals surface area contributed by atoms with Crippen molar-refractivity contribution < 1.29 is 69.5 Å². The van der Waals surface area contributed by atoms with Crippen molar-refractivity contribution in [3.8, 4) is 0 Å². The van der Waals surface area contributed by atoms with Crippen LogP contribution in [0, 0.1) is 0 Å². The molecule has 0 aliphatic carbocycles. The van der Waals surface area contributed by atoms with Crippen molar-refractivity contribution in [1.29, 1.82) is 0 Å². The summed E-state index contributed by atoms with van der Waals surface area (Å²) >= 11 is 0. The summed E-state index contributed by atoms with van der Waals surface area (Å²) in [5.74, 6) is 0. The van der Waals surface area contributed by atoms with E-state index >= 15 is 0 Å². The van der Waals surface area contributed by atoms with Crippen LogP contribution in [0.4, 0.5) is 0 Å². The number of aliphatic hydroxyl groups is 1. The molecule has 28 heavy (non-hydrogen) atoms. The zero-order valence-corrected chi connectivity index (χ0v) is 22.9. The van der Waals surface area contributed by atoms with Crippen molar-refractivity contribution in [3.05, 3.63) is 0 Å². The molecule has 4 nitrogen and oxygen atoms in total. The predicted octanol–water partition coefficient (Wildman–Crippen LogP) is 3.33. The molecule has 0 amide bonds. The molecular formula is C22H45KO4S. The maximum absolute atomic E-state index is 10.8. The fourth-order valence-corrected chi connectivity index (χ4v) is 3.95. The van der Waals surface area contributed by atoms with Gasteiger partial charge in [-0.3, -0.25) is 0 Å². The maximum Gasteiger partial charge on any atom is 1.00 e. The Morgan fingerprint density at radius 1 is 0.679 bits per heavy atom. The van der Waals surface area contributed by atoms with Gasteiger partial charge in [0.25, 0.3) is 0 Å². The zero-order chi connectivity index (χ0) is 20.4. The minimum Gasteiger partial charge on any atom is -0.748 e. The quantitative estimate of drug-likeness (QED) is 0.177. The van der Waals surface area contributed by atoms with Crippen molar-refractivity contribution in [1.82, 2.24) is 0 Å². The number of hydrogen-bond donors (Lipinski definition) is 1.